The summed E-state index contributed by atoms with van der Waals surface area (Å²) in [5, 5.41) is 6.96. The first kappa shape index (κ1) is 19.9. The lowest BCUT2D eigenvalue weighted by atomic mass is 10.2. The zero-order chi connectivity index (χ0) is 20.1. The summed E-state index contributed by atoms with van der Waals surface area (Å²) in [5.41, 5.74) is 0.618. The van der Waals surface area contributed by atoms with E-state index in [1.165, 1.54) is 25.2 Å². The van der Waals surface area contributed by atoms with Crippen LogP contribution in [0.1, 0.15) is 10.4 Å². The molecule has 0 radical (unpaired) electrons. The highest BCUT2D eigenvalue weighted by Gasteiger charge is 2.23. The van der Waals surface area contributed by atoms with Crippen molar-refractivity contribution >= 4 is 33.2 Å². The van der Waals surface area contributed by atoms with Gasteiger partial charge in [-0.3, -0.25) is 13.8 Å². The second-order valence-corrected chi connectivity index (χ2v) is 8.35. The SMILES string of the molecule is CN(c1ccccc1)S(=O)(=O)c1ccc(Cl)c(C(=O)NCCn2cccn2)c1. The summed E-state index contributed by atoms with van der Waals surface area (Å²) in [6.45, 7) is 0.822. The van der Waals surface area contributed by atoms with Gasteiger partial charge in [0.25, 0.3) is 15.9 Å². The molecule has 0 fully saturated rings. The lowest BCUT2D eigenvalue weighted by Crippen LogP contribution is -2.29. The number of hydrogen-bond acceptors (Lipinski definition) is 4. The number of hydrogen-bond donors (Lipinski definition) is 1. The third-order valence-electron chi connectivity index (χ3n) is 4.15. The maximum Gasteiger partial charge on any atom is 0.264 e. The molecule has 3 rings (SSSR count). The Hall–Kier alpha value is -2.84. The van der Waals surface area contributed by atoms with Gasteiger partial charge in [-0.2, -0.15) is 5.10 Å². The van der Waals surface area contributed by atoms with Crippen LogP contribution in [0.2, 0.25) is 5.02 Å². The average Bonchev–Trinajstić information content (AvgIpc) is 3.21. The quantitative estimate of drug-likeness (QED) is 0.639. The van der Waals surface area contributed by atoms with Crippen molar-refractivity contribution < 1.29 is 13.2 Å². The van der Waals surface area contributed by atoms with E-state index in [-0.39, 0.29) is 15.5 Å². The Morgan fingerprint density at radius 1 is 1.18 bits per heavy atom. The normalized spacial score (nSPS) is 11.2. The summed E-state index contributed by atoms with van der Waals surface area (Å²) < 4.78 is 28.7. The van der Waals surface area contributed by atoms with Crippen LogP contribution in [0.5, 0.6) is 0 Å². The molecule has 1 aromatic heterocycles. The monoisotopic (exact) mass is 418 g/mol. The van der Waals surface area contributed by atoms with Crippen LogP contribution in [-0.2, 0) is 16.6 Å². The summed E-state index contributed by atoms with van der Waals surface area (Å²) >= 11 is 6.13. The van der Waals surface area contributed by atoms with Crippen LogP contribution in [0, 0.1) is 0 Å². The van der Waals surface area contributed by atoms with Gasteiger partial charge < -0.3 is 5.32 Å². The Balaban J connectivity index is 1.79. The molecule has 0 unspecified atom stereocenters. The van der Waals surface area contributed by atoms with Crippen LogP contribution in [0.3, 0.4) is 0 Å². The van der Waals surface area contributed by atoms with E-state index in [4.69, 9.17) is 11.6 Å². The third-order valence-corrected chi connectivity index (χ3v) is 6.26. The Morgan fingerprint density at radius 3 is 2.61 bits per heavy atom. The molecule has 3 aromatic rings. The van der Waals surface area contributed by atoms with Crippen molar-refractivity contribution in [3.8, 4) is 0 Å². The molecule has 146 valence electrons. The van der Waals surface area contributed by atoms with Gasteiger partial charge in [-0.05, 0) is 36.4 Å². The van der Waals surface area contributed by atoms with Crippen molar-refractivity contribution in [2.24, 2.45) is 0 Å². The predicted octanol–water partition coefficient (Wildman–Crippen LogP) is 2.79. The number of carbonyl (C=O) groups excluding carboxylic acids is 1. The minimum Gasteiger partial charge on any atom is -0.350 e. The zero-order valence-corrected chi connectivity index (χ0v) is 16.7. The number of halogens is 1. The zero-order valence-electron chi connectivity index (χ0n) is 15.1. The minimum atomic E-state index is -3.84. The maximum atomic E-state index is 12.9. The van der Waals surface area contributed by atoms with E-state index in [2.05, 4.69) is 10.4 Å². The van der Waals surface area contributed by atoms with Gasteiger partial charge in [0.2, 0.25) is 0 Å². The fourth-order valence-electron chi connectivity index (χ4n) is 2.59. The fourth-order valence-corrected chi connectivity index (χ4v) is 4.01. The van der Waals surface area contributed by atoms with Crippen LogP contribution in [0.25, 0.3) is 0 Å². The molecule has 0 aliphatic carbocycles. The van der Waals surface area contributed by atoms with E-state index < -0.39 is 15.9 Å². The van der Waals surface area contributed by atoms with Crippen LogP contribution in [0.4, 0.5) is 5.69 Å². The molecule has 28 heavy (non-hydrogen) atoms. The van der Waals surface area contributed by atoms with Gasteiger partial charge in [0.15, 0.2) is 0 Å². The van der Waals surface area contributed by atoms with Gasteiger partial charge in [0, 0.05) is 26.0 Å². The fraction of sp³-hybridized carbons (Fsp3) is 0.158. The minimum absolute atomic E-state index is 0.0134. The predicted molar refractivity (Wildman–Crippen MR) is 108 cm³/mol. The summed E-state index contributed by atoms with van der Waals surface area (Å²) in [6.07, 6.45) is 3.43. The second kappa shape index (κ2) is 8.45. The van der Waals surface area contributed by atoms with Crippen LogP contribution >= 0.6 is 11.6 Å². The van der Waals surface area contributed by atoms with E-state index in [9.17, 15) is 13.2 Å². The number of para-hydroxylation sites is 1. The number of carbonyl (C=O) groups is 1. The molecule has 1 heterocycles. The van der Waals surface area contributed by atoms with Gasteiger partial charge >= 0.3 is 0 Å². The summed E-state index contributed by atoms with van der Waals surface area (Å²) in [7, 11) is -2.38. The van der Waals surface area contributed by atoms with Crippen molar-refractivity contribution in [1.82, 2.24) is 15.1 Å². The van der Waals surface area contributed by atoms with Gasteiger partial charge in [0.05, 0.1) is 27.7 Å². The Bertz CT molecular complexity index is 1050. The summed E-state index contributed by atoms with van der Waals surface area (Å²) in [4.78, 5) is 12.5. The number of amides is 1. The van der Waals surface area contributed by atoms with E-state index in [1.807, 2.05) is 0 Å². The number of aromatic nitrogens is 2. The van der Waals surface area contributed by atoms with Crippen molar-refractivity contribution in [2.75, 3.05) is 17.9 Å². The number of anilines is 1. The van der Waals surface area contributed by atoms with Gasteiger partial charge in [-0.1, -0.05) is 29.8 Å². The van der Waals surface area contributed by atoms with E-state index in [0.717, 1.165) is 4.31 Å². The smallest absolute Gasteiger partial charge is 0.264 e. The molecule has 0 saturated heterocycles. The lowest BCUT2D eigenvalue weighted by Gasteiger charge is -2.20. The summed E-state index contributed by atoms with van der Waals surface area (Å²) in [5.74, 6) is -0.448. The number of nitrogens with zero attached hydrogens (tertiary/aromatic N) is 3. The molecule has 7 nitrogen and oxygen atoms in total. The molecular formula is C19H19ClN4O3S. The van der Waals surface area contributed by atoms with Crippen molar-refractivity contribution in [3.05, 3.63) is 77.6 Å². The first-order valence-corrected chi connectivity index (χ1v) is 10.3. The number of rotatable bonds is 7. The van der Waals surface area contributed by atoms with Gasteiger partial charge in [-0.15, -0.1) is 0 Å². The Kier molecular flexibility index (Phi) is 6.01. The molecule has 0 aliphatic heterocycles. The van der Waals surface area contributed by atoms with Crippen molar-refractivity contribution in [2.45, 2.75) is 11.4 Å². The van der Waals surface area contributed by atoms with Crippen LogP contribution in [-0.4, -0.2) is 37.7 Å². The van der Waals surface area contributed by atoms with Crippen LogP contribution in [0.15, 0.2) is 71.9 Å². The highest BCUT2D eigenvalue weighted by molar-refractivity contribution is 7.92. The van der Waals surface area contributed by atoms with Gasteiger partial charge in [-0.25, -0.2) is 8.42 Å². The molecule has 2 aromatic carbocycles. The molecule has 0 atom stereocenters. The van der Waals surface area contributed by atoms with Crippen molar-refractivity contribution in [1.29, 1.82) is 0 Å². The first-order valence-electron chi connectivity index (χ1n) is 8.49. The Labute approximate surface area is 168 Å². The topological polar surface area (TPSA) is 84.3 Å². The highest BCUT2D eigenvalue weighted by atomic mass is 35.5. The first-order chi connectivity index (χ1) is 13.4. The highest BCUT2D eigenvalue weighted by Crippen LogP contribution is 2.25. The molecule has 1 amide bonds. The molecule has 0 aliphatic rings. The van der Waals surface area contributed by atoms with Crippen molar-refractivity contribution in [3.63, 3.8) is 0 Å². The van der Waals surface area contributed by atoms with E-state index in [1.54, 1.807) is 53.5 Å². The molecular weight excluding hydrogens is 400 g/mol. The Morgan fingerprint density at radius 2 is 1.93 bits per heavy atom. The number of nitrogens with one attached hydrogen (secondary N) is 1. The lowest BCUT2D eigenvalue weighted by molar-refractivity contribution is 0.0952. The van der Waals surface area contributed by atoms with Crippen LogP contribution < -0.4 is 9.62 Å². The number of benzene rings is 2. The molecule has 1 N–H and O–H groups in total. The maximum absolute atomic E-state index is 12.9. The summed E-state index contributed by atoms with van der Waals surface area (Å²) in [6, 6.07) is 14.6. The van der Waals surface area contributed by atoms with E-state index >= 15 is 0 Å². The van der Waals surface area contributed by atoms with E-state index in [0.29, 0.717) is 18.8 Å². The van der Waals surface area contributed by atoms with Gasteiger partial charge in [0.1, 0.15) is 0 Å². The molecule has 0 bridgehead atoms. The molecule has 0 spiro atoms. The third kappa shape index (κ3) is 4.35. The average molecular weight is 419 g/mol. The standard InChI is InChI=1S/C19H19ClN4O3S/c1-23(15-6-3-2-4-7-15)28(26,27)16-8-9-18(20)17(14-16)19(25)21-11-13-24-12-5-10-22-24/h2-10,12,14H,11,13H2,1H3,(H,21,25). The number of sulfonamides is 1. The molecule has 0 saturated carbocycles. The molecule has 9 heteroatoms. The largest absolute Gasteiger partial charge is 0.350 e. The second-order valence-electron chi connectivity index (χ2n) is 5.97.